The van der Waals surface area contributed by atoms with E-state index >= 15 is 0 Å². The van der Waals surface area contributed by atoms with Gasteiger partial charge in [0, 0.05) is 13.2 Å². The van der Waals surface area contributed by atoms with Crippen molar-refractivity contribution in [3.05, 3.63) is 35.9 Å². The van der Waals surface area contributed by atoms with Gasteiger partial charge in [-0.2, -0.15) is 0 Å². The number of aliphatic hydroxyl groups excluding tert-OH is 1. The summed E-state index contributed by atoms with van der Waals surface area (Å²) in [5.74, 6) is 0.407. The number of benzene rings is 1. The van der Waals surface area contributed by atoms with Crippen molar-refractivity contribution in [1.29, 1.82) is 0 Å². The molecule has 18 heavy (non-hydrogen) atoms. The number of amides is 1. The van der Waals surface area contributed by atoms with E-state index in [-0.39, 0.29) is 6.61 Å². The lowest BCUT2D eigenvalue weighted by Gasteiger charge is -2.10. The van der Waals surface area contributed by atoms with E-state index in [1.54, 1.807) is 0 Å². The molecule has 0 radical (unpaired) electrons. The fourth-order valence-corrected chi connectivity index (χ4v) is 1.56. The predicted molar refractivity (Wildman–Crippen MR) is 70.1 cm³/mol. The summed E-state index contributed by atoms with van der Waals surface area (Å²) in [6.07, 6.45) is 1.22. The van der Waals surface area contributed by atoms with Gasteiger partial charge in [-0.05, 0) is 24.3 Å². The Morgan fingerprint density at radius 3 is 2.72 bits per heavy atom. The van der Waals surface area contributed by atoms with Crippen molar-refractivity contribution in [3.8, 4) is 0 Å². The Hall–Kier alpha value is -1.55. The van der Waals surface area contributed by atoms with Crippen LogP contribution in [0.5, 0.6) is 0 Å². The van der Waals surface area contributed by atoms with Crippen LogP contribution in [-0.4, -0.2) is 24.4 Å². The number of carbonyl (C=O) groups excluding carboxylic acids is 1. The topological polar surface area (TPSA) is 58.6 Å². The van der Waals surface area contributed by atoms with E-state index in [2.05, 4.69) is 5.32 Å². The SMILES string of the molecule is CC(CCO)CCNC(=O)OCc1ccccc1. The minimum atomic E-state index is -0.393. The molecule has 0 heterocycles. The van der Waals surface area contributed by atoms with Gasteiger partial charge in [0.15, 0.2) is 0 Å². The molecular weight excluding hydrogens is 230 g/mol. The van der Waals surface area contributed by atoms with E-state index in [0.29, 0.717) is 19.1 Å². The summed E-state index contributed by atoms with van der Waals surface area (Å²) in [6.45, 7) is 3.11. The van der Waals surface area contributed by atoms with Crippen LogP contribution < -0.4 is 5.32 Å². The highest BCUT2D eigenvalue weighted by molar-refractivity contribution is 5.67. The van der Waals surface area contributed by atoms with Crippen LogP contribution in [0.3, 0.4) is 0 Å². The molecule has 4 nitrogen and oxygen atoms in total. The molecular formula is C14H21NO3. The second-order valence-electron chi connectivity index (χ2n) is 4.39. The zero-order valence-electron chi connectivity index (χ0n) is 10.8. The monoisotopic (exact) mass is 251 g/mol. The van der Waals surface area contributed by atoms with Crippen LogP contribution in [0, 0.1) is 5.92 Å². The lowest BCUT2D eigenvalue weighted by Crippen LogP contribution is -2.26. The molecule has 0 saturated heterocycles. The summed E-state index contributed by atoms with van der Waals surface area (Å²) in [5, 5.41) is 11.4. The standard InChI is InChI=1S/C14H21NO3/c1-12(8-10-16)7-9-15-14(17)18-11-13-5-3-2-4-6-13/h2-6,12,16H,7-11H2,1H3,(H,15,17). The molecule has 0 aliphatic heterocycles. The fraction of sp³-hybridized carbons (Fsp3) is 0.500. The van der Waals surface area contributed by atoms with E-state index in [4.69, 9.17) is 9.84 Å². The number of ether oxygens (including phenoxy) is 1. The number of carbonyl (C=O) groups is 1. The molecule has 2 N–H and O–H groups in total. The predicted octanol–water partition coefficient (Wildman–Crippen LogP) is 2.32. The maximum Gasteiger partial charge on any atom is 0.407 e. The first-order valence-corrected chi connectivity index (χ1v) is 6.27. The van der Waals surface area contributed by atoms with Crippen molar-refractivity contribution in [2.45, 2.75) is 26.4 Å². The highest BCUT2D eigenvalue weighted by atomic mass is 16.5. The van der Waals surface area contributed by atoms with Crippen LogP contribution in [0.25, 0.3) is 0 Å². The lowest BCUT2D eigenvalue weighted by molar-refractivity contribution is 0.139. The van der Waals surface area contributed by atoms with Crippen LogP contribution in [0.1, 0.15) is 25.3 Å². The Balaban J connectivity index is 2.11. The van der Waals surface area contributed by atoms with E-state index in [1.165, 1.54) is 0 Å². The third kappa shape index (κ3) is 6.25. The zero-order chi connectivity index (χ0) is 13.2. The Kier molecular flexibility index (Phi) is 6.87. The van der Waals surface area contributed by atoms with Gasteiger partial charge < -0.3 is 15.2 Å². The van der Waals surface area contributed by atoms with Crippen molar-refractivity contribution in [2.24, 2.45) is 5.92 Å². The van der Waals surface area contributed by atoms with Crippen molar-refractivity contribution in [2.75, 3.05) is 13.2 Å². The molecule has 0 saturated carbocycles. The number of aliphatic hydroxyl groups is 1. The summed E-state index contributed by atoms with van der Waals surface area (Å²) in [6, 6.07) is 9.57. The fourth-order valence-electron chi connectivity index (χ4n) is 1.56. The molecule has 0 aromatic heterocycles. The second kappa shape index (κ2) is 8.53. The highest BCUT2D eigenvalue weighted by Crippen LogP contribution is 2.05. The Labute approximate surface area is 108 Å². The molecule has 0 fully saturated rings. The number of hydrogen-bond donors (Lipinski definition) is 2. The first-order chi connectivity index (χ1) is 8.72. The van der Waals surface area contributed by atoms with Crippen molar-refractivity contribution in [3.63, 3.8) is 0 Å². The van der Waals surface area contributed by atoms with Crippen molar-refractivity contribution < 1.29 is 14.6 Å². The minimum Gasteiger partial charge on any atom is -0.445 e. The number of rotatable bonds is 7. The van der Waals surface area contributed by atoms with E-state index in [0.717, 1.165) is 18.4 Å². The van der Waals surface area contributed by atoms with Gasteiger partial charge in [0.05, 0.1) is 0 Å². The van der Waals surface area contributed by atoms with Crippen LogP contribution in [-0.2, 0) is 11.3 Å². The van der Waals surface area contributed by atoms with Gasteiger partial charge in [-0.1, -0.05) is 37.3 Å². The molecule has 1 atom stereocenters. The van der Waals surface area contributed by atoms with Gasteiger partial charge in [-0.15, -0.1) is 0 Å². The van der Waals surface area contributed by atoms with Gasteiger partial charge in [-0.3, -0.25) is 0 Å². The third-order valence-electron chi connectivity index (χ3n) is 2.74. The summed E-state index contributed by atoms with van der Waals surface area (Å²) in [7, 11) is 0. The molecule has 4 heteroatoms. The number of nitrogens with one attached hydrogen (secondary N) is 1. The van der Waals surface area contributed by atoms with Gasteiger partial charge >= 0.3 is 6.09 Å². The first-order valence-electron chi connectivity index (χ1n) is 6.27. The quantitative estimate of drug-likeness (QED) is 0.782. The van der Waals surface area contributed by atoms with E-state index in [9.17, 15) is 4.79 Å². The van der Waals surface area contributed by atoms with Crippen molar-refractivity contribution >= 4 is 6.09 Å². The summed E-state index contributed by atoms with van der Waals surface area (Å²) >= 11 is 0. The maximum absolute atomic E-state index is 11.4. The maximum atomic E-state index is 11.4. The average molecular weight is 251 g/mol. The molecule has 100 valence electrons. The molecule has 1 aromatic rings. The molecule has 1 amide bonds. The molecule has 1 aromatic carbocycles. The van der Waals surface area contributed by atoms with Gasteiger partial charge in [0.1, 0.15) is 6.61 Å². The average Bonchev–Trinajstić information content (AvgIpc) is 2.38. The molecule has 1 rings (SSSR count). The second-order valence-corrected chi connectivity index (χ2v) is 4.39. The number of alkyl carbamates (subject to hydrolysis) is 1. The van der Waals surface area contributed by atoms with Crippen LogP contribution >= 0.6 is 0 Å². The lowest BCUT2D eigenvalue weighted by atomic mass is 10.1. The minimum absolute atomic E-state index is 0.194. The van der Waals surface area contributed by atoms with Crippen LogP contribution in [0.15, 0.2) is 30.3 Å². The molecule has 1 unspecified atom stereocenters. The van der Waals surface area contributed by atoms with Crippen LogP contribution in [0.2, 0.25) is 0 Å². The Morgan fingerprint density at radius 2 is 2.06 bits per heavy atom. The Morgan fingerprint density at radius 1 is 1.33 bits per heavy atom. The zero-order valence-corrected chi connectivity index (χ0v) is 10.8. The van der Waals surface area contributed by atoms with Gasteiger partial charge in [0.25, 0.3) is 0 Å². The number of hydrogen-bond acceptors (Lipinski definition) is 3. The largest absolute Gasteiger partial charge is 0.445 e. The van der Waals surface area contributed by atoms with E-state index < -0.39 is 6.09 Å². The Bertz CT molecular complexity index is 340. The highest BCUT2D eigenvalue weighted by Gasteiger charge is 2.04. The summed E-state index contributed by atoms with van der Waals surface area (Å²) in [4.78, 5) is 11.4. The molecule has 0 aliphatic rings. The van der Waals surface area contributed by atoms with Crippen LogP contribution in [0.4, 0.5) is 4.79 Å². The van der Waals surface area contributed by atoms with Gasteiger partial charge in [-0.25, -0.2) is 4.79 Å². The summed E-state index contributed by atoms with van der Waals surface area (Å²) < 4.78 is 5.07. The third-order valence-corrected chi connectivity index (χ3v) is 2.74. The molecule has 0 aliphatic carbocycles. The van der Waals surface area contributed by atoms with Gasteiger partial charge in [0.2, 0.25) is 0 Å². The molecule has 0 bridgehead atoms. The normalized spacial score (nSPS) is 11.9. The molecule has 0 spiro atoms. The smallest absolute Gasteiger partial charge is 0.407 e. The van der Waals surface area contributed by atoms with Crippen molar-refractivity contribution in [1.82, 2.24) is 5.32 Å². The first kappa shape index (κ1) is 14.5. The van der Waals surface area contributed by atoms with E-state index in [1.807, 2.05) is 37.3 Å². The summed E-state index contributed by atoms with van der Waals surface area (Å²) in [5.41, 5.74) is 0.973.